The lowest BCUT2D eigenvalue weighted by atomic mass is 10.1. The zero-order valence-electron chi connectivity index (χ0n) is 11.3. The third-order valence-electron chi connectivity index (χ3n) is 3.64. The molecular weight excluding hydrogens is 275 g/mol. The van der Waals surface area contributed by atoms with E-state index in [-0.39, 0.29) is 31.0 Å². The van der Waals surface area contributed by atoms with Crippen molar-refractivity contribution in [3.05, 3.63) is 41.2 Å². The topological polar surface area (TPSA) is 72.6 Å². The summed E-state index contributed by atoms with van der Waals surface area (Å²) in [5, 5.41) is 0. The van der Waals surface area contributed by atoms with Crippen molar-refractivity contribution in [3.8, 4) is 5.75 Å². The van der Waals surface area contributed by atoms with Gasteiger partial charge in [0.2, 0.25) is 0 Å². The van der Waals surface area contributed by atoms with Gasteiger partial charge in [0, 0.05) is 18.2 Å². The van der Waals surface area contributed by atoms with Crippen LogP contribution in [0.2, 0.25) is 0 Å². The van der Waals surface area contributed by atoms with Gasteiger partial charge in [0.1, 0.15) is 12.4 Å². The third-order valence-corrected chi connectivity index (χ3v) is 3.64. The molecule has 0 bridgehead atoms. The van der Waals surface area contributed by atoms with E-state index in [1.807, 2.05) is 0 Å². The average Bonchev–Trinajstić information content (AvgIpc) is 3.29. The second kappa shape index (κ2) is 5.29. The molecule has 1 fully saturated rings. The van der Waals surface area contributed by atoms with E-state index in [2.05, 4.69) is 0 Å². The van der Waals surface area contributed by atoms with Crippen molar-refractivity contribution in [1.82, 2.24) is 4.90 Å². The van der Waals surface area contributed by atoms with Crippen LogP contribution in [0.4, 0.5) is 4.39 Å². The number of carbonyl (C=O) groups excluding carboxylic acids is 2. The normalized spacial score (nSPS) is 18.2. The maximum absolute atomic E-state index is 12.4. The van der Waals surface area contributed by atoms with Crippen LogP contribution in [0.15, 0.2) is 30.1 Å². The second-order valence-electron chi connectivity index (χ2n) is 5.18. The van der Waals surface area contributed by atoms with Gasteiger partial charge in [-0.15, -0.1) is 0 Å². The van der Waals surface area contributed by atoms with E-state index in [9.17, 15) is 14.0 Å². The molecule has 6 heteroatoms. The zero-order chi connectivity index (χ0) is 15.0. The lowest BCUT2D eigenvalue weighted by Gasteiger charge is -2.11. The summed E-state index contributed by atoms with van der Waals surface area (Å²) < 4.78 is 17.8. The summed E-state index contributed by atoms with van der Waals surface area (Å²) in [6, 6.07) is 4.76. The number of benzene rings is 1. The predicted octanol–water partition coefficient (Wildman–Crippen LogP) is 1.64. The van der Waals surface area contributed by atoms with Crippen LogP contribution in [-0.2, 0) is 0 Å². The molecule has 3 rings (SSSR count). The van der Waals surface area contributed by atoms with Crippen LogP contribution >= 0.6 is 0 Å². The molecule has 0 aromatic heterocycles. The van der Waals surface area contributed by atoms with Crippen molar-refractivity contribution in [2.75, 3.05) is 13.2 Å². The molecule has 21 heavy (non-hydrogen) atoms. The molecule has 0 spiro atoms. The Labute approximate surface area is 121 Å². The van der Waals surface area contributed by atoms with Gasteiger partial charge in [-0.2, -0.15) is 0 Å². The van der Waals surface area contributed by atoms with E-state index < -0.39 is 0 Å². The van der Waals surface area contributed by atoms with Gasteiger partial charge < -0.3 is 10.5 Å². The molecule has 1 aliphatic carbocycles. The molecular formula is C15H15FN2O3. The molecule has 0 atom stereocenters. The van der Waals surface area contributed by atoms with Crippen LogP contribution in [-0.4, -0.2) is 35.9 Å². The minimum atomic E-state index is -0.275. The van der Waals surface area contributed by atoms with Gasteiger partial charge in [-0.1, -0.05) is 0 Å². The van der Waals surface area contributed by atoms with Gasteiger partial charge in [-0.3, -0.25) is 14.5 Å². The van der Waals surface area contributed by atoms with Gasteiger partial charge in [0.05, 0.1) is 17.5 Å². The molecule has 0 saturated heterocycles. The first kappa shape index (κ1) is 13.8. The Morgan fingerprint density at radius 1 is 1.33 bits per heavy atom. The number of nitrogens with zero attached hydrogens (tertiary/aromatic N) is 1. The van der Waals surface area contributed by atoms with Crippen LogP contribution in [0.1, 0.15) is 33.6 Å². The number of nitrogens with two attached hydrogens (primary N) is 1. The molecule has 1 saturated carbocycles. The van der Waals surface area contributed by atoms with Crippen molar-refractivity contribution in [1.29, 1.82) is 0 Å². The number of fused-ring (bicyclic) bond motifs is 1. The van der Waals surface area contributed by atoms with Gasteiger partial charge in [-0.25, -0.2) is 4.39 Å². The minimum absolute atomic E-state index is 0.0141. The van der Waals surface area contributed by atoms with Crippen LogP contribution in [0.25, 0.3) is 0 Å². The monoisotopic (exact) mass is 290 g/mol. The van der Waals surface area contributed by atoms with Gasteiger partial charge in [0.25, 0.3) is 11.8 Å². The highest BCUT2D eigenvalue weighted by Gasteiger charge is 2.44. The third kappa shape index (κ3) is 2.42. The van der Waals surface area contributed by atoms with Gasteiger partial charge in [0.15, 0.2) is 0 Å². The van der Waals surface area contributed by atoms with Crippen LogP contribution < -0.4 is 10.5 Å². The predicted molar refractivity (Wildman–Crippen MR) is 73.7 cm³/mol. The molecule has 1 aromatic rings. The molecule has 0 unspecified atom stereocenters. The summed E-state index contributed by atoms with van der Waals surface area (Å²) in [5.74, 6) is -0.0984. The summed E-state index contributed by atoms with van der Waals surface area (Å²) in [5.41, 5.74) is 6.41. The fourth-order valence-electron chi connectivity index (χ4n) is 2.30. The van der Waals surface area contributed by atoms with Crippen LogP contribution in [0.5, 0.6) is 5.75 Å². The molecule has 2 aliphatic rings. The molecule has 1 heterocycles. The number of carbonyl (C=O) groups is 2. The molecule has 5 nitrogen and oxygen atoms in total. The lowest BCUT2D eigenvalue weighted by molar-refractivity contribution is 0.0642. The Kier molecular flexibility index (Phi) is 3.47. The van der Waals surface area contributed by atoms with Gasteiger partial charge >= 0.3 is 0 Å². The number of hydrogen-bond acceptors (Lipinski definition) is 4. The Hall–Kier alpha value is -2.21. The minimum Gasteiger partial charge on any atom is -0.489 e. The molecule has 0 radical (unpaired) electrons. The summed E-state index contributed by atoms with van der Waals surface area (Å²) >= 11 is 0. The first-order chi connectivity index (χ1) is 10.2. The summed E-state index contributed by atoms with van der Waals surface area (Å²) in [6.45, 7) is 0.0780. The Morgan fingerprint density at radius 3 is 2.67 bits per heavy atom. The number of amides is 2. The van der Waals surface area contributed by atoms with E-state index in [1.54, 1.807) is 12.1 Å². The molecule has 2 N–H and O–H groups in total. The number of rotatable bonds is 5. The number of ether oxygens (including phenoxy) is 1. The number of hydrogen-bond donors (Lipinski definition) is 1. The smallest absolute Gasteiger partial charge is 0.261 e. The van der Waals surface area contributed by atoms with Crippen LogP contribution in [0.3, 0.4) is 0 Å². The Balaban J connectivity index is 1.80. The second-order valence-corrected chi connectivity index (χ2v) is 5.18. The fourth-order valence-corrected chi connectivity index (χ4v) is 2.30. The highest BCUT2D eigenvalue weighted by atomic mass is 19.1. The summed E-state index contributed by atoms with van der Waals surface area (Å²) in [7, 11) is 0. The zero-order valence-corrected chi connectivity index (χ0v) is 11.3. The Morgan fingerprint density at radius 2 is 2.05 bits per heavy atom. The standard InChI is InChI=1S/C15H15FN2O3/c16-6-9(7-17)8-21-11-3-4-12-13(5-11)15(20)18(14(12)19)10-1-2-10/h3-6,10H,1-2,7-8,17H2/b9-6-. The Bertz CT molecular complexity index is 638. The van der Waals surface area contributed by atoms with Gasteiger partial charge in [-0.05, 0) is 31.0 Å². The van der Waals surface area contributed by atoms with E-state index >= 15 is 0 Å². The average molecular weight is 290 g/mol. The molecule has 1 aromatic carbocycles. The first-order valence-corrected chi connectivity index (χ1v) is 6.78. The SMILES string of the molecule is NC/C(=C/F)COc1ccc2c(c1)C(=O)N(C1CC1)C2=O. The van der Waals surface area contributed by atoms with Crippen molar-refractivity contribution >= 4 is 11.8 Å². The van der Waals surface area contributed by atoms with E-state index in [0.717, 1.165) is 12.8 Å². The molecule has 2 amide bonds. The van der Waals surface area contributed by atoms with E-state index in [1.165, 1.54) is 11.0 Å². The molecule has 110 valence electrons. The van der Waals surface area contributed by atoms with Crippen LogP contribution in [0, 0.1) is 0 Å². The lowest BCUT2D eigenvalue weighted by Crippen LogP contribution is -2.31. The van der Waals surface area contributed by atoms with Crippen molar-refractivity contribution < 1.29 is 18.7 Å². The molecule has 1 aliphatic heterocycles. The number of halogens is 1. The fraction of sp³-hybridized carbons (Fsp3) is 0.333. The van der Waals surface area contributed by atoms with E-state index in [4.69, 9.17) is 10.5 Å². The maximum Gasteiger partial charge on any atom is 0.261 e. The number of imide groups is 1. The van der Waals surface area contributed by atoms with Crippen molar-refractivity contribution in [2.24, 2.45) is 5.73 Å². The summed E-state index contributed by atoms with van der Waals surface area (Å²) in [6.07, 6.45) is 2.16. The van der Waals surface area contributed by atoms with Crippen molar-refractivity contribution in [2.45, 2.75) is 18.9 Å². The quantitative estimate of drug-likeness (QED) is 0.837. The highest BCUT2D eigenvalue weighted by molar-refractivity contribution is 6.21. The first-order valence-electron chi connectivity index (χ1n) is 6.78. The van der Waals surface area contributed by atoms with Crippen molar-refractivity contribution in [3.63, 3.8) is 0 Å². The highest BCUT2D eigenvalue weighted by Crippen LogP contribution is 2.35. The van der Waals surface area contributed by atoms with E-state index in [0.29, 0.717) is 28.8 Å². The summed E-state index contributed by atoms with van der Waals surface area (Å²) in [4.78, 5) is 25.7. The maximum atomic E-state index is 12.4. The largest absolute Gasteiger partial charge is 0.489 e.